The lowest BCUT2D eigenvalue weighted by atomic mass is 9.86. The summed E-state index contributed by atoms with van der Waals surface area (Å²) in [5.41, 5.74) is 2.27. The van der Waals surface area contributed by atoms with E-state index in [2.05, 4.69) is 36.2 Å². The van der Waals surface area contributed by atoms with Crippen molar-refractivity contribution in [1.29, 1.82) is 0 Å². The quantitative estimate of drug-likeness (QED) is 0.804. The molecule has 1 heterocycles. The first-order valence-electron chi connectivity index (χ1n) is 5.49. The smallest absolute Gasteiger partial charge is 0.214 e. The number of carbonyl (C=O) groups excluding carboxylic acids is 1. The molecule has 1 N–H and O–H groups in total. The number of hydrogen-bond donors (Lipinski definition) is 1. The van der Waals surface area contributed by atoms with E-state index in [4.69, 9.17) is 0 Å². The molecule has 0 fully saturated rings. The van der Waals surface area contributed by atoms with Crippen molar-refractivity contribution in [3.05, 3.63) is 47.3 Å². The number of nitrogens with zero attached hydrogens (tertiary/aromatic N) is 2. The number of aromatic nitrogens is 3. The van der Waals surface area contributed by atoms with Gasteiger partial charge in [0.05, 0.1) is 6.20 Å². The zero-order chi connectivity index (χ0) is 12.5. The first-order chi connectivity index (χ1) is 7.98. The third kappa shape index (κ3) is 2.41. The largest absolute Gasteiger partial charge is 0.287 e. The van der Waals surface area contributed by atoms with Crippen LogP contribution >= 0.6 is 0 Å². The molecule has 4 heteroatoms. The number of hydrogen-bond acceptors (Lipinski definition) is 3. The molecule has 88 valence electrons. The molecular formula is C13H15N3O. The van der Waals surface area contributed by atoms with Crippen LogP contribution in [-0.4, -0.2) is 21.2 Å². The second kappa shape index (κ2) is 4.13. The summed E-state index contributed by atoms with van der Waals surface area (Å²) in [7, 11) is 0. The number of benzene rings is 1. The molecule has 2 aromatic rings. The van der Waals surface area contributed by atoms with Gasteiger partial charge in [0, 0.05) is 5.56 Å². The van der Waals surface area contributed by atoms with Crippen LogP contribution in [0, 0.1) is 0 Å². The highest BCUT2D eigenvalue weighted by Gasteiger charge is 2.15. The molecule has 17 heavy (non-hydrogen) atoms. The van der Waals surface area contributed by atoms with E-state index in [1.54, 1.807) is 0 Å². The van der Waals surface area contributed by atoms with Crippen molar-refractivity contribution < 1.29 is 4.79 Å². The van der Waals surface area contributed by atoms with Gasteiger partial charge in [0.2, 0.25) is 5.78 Å². The molecule has 0 spiro atoms. The van der Waals surface area contributed by atoms with Gasteiger partial charge < -0.3 is 0 Å². The van der Waals surface area contributed by atoms with Gasteiger partial charge in [-0.1, -0.05) is 45.0 Å². The SMILES string of the molecule is CC(C)(C)c1ccc(C(=O)c2cn[nH]n2)cc1. The monoisotopic (exact) mass is 229 g/mol. The second-order valence-corrected chi connectivity index (χ2v) is 5.01. The Kier molecular flexibility index (Phi) is 2.79. The molecule has 0 atom stereocenters. The first kappa shape index (κ1) is 11.5. The fraction of sp³-hybridized carbons (Fsp3) is 0.308. The number of rotatable bonds is 2. The summed E-state index contributed by atoms with van der Waals surface area (Å²) >= 11 is 0. The first-order valence-corrected chi connectivity index (χ1v) is 5.49. The summed E-state index contributed by atoms with van der Waals surface area (Å²) in [6, 6.07) is 7.62. The van der Waals surface area contributed by atoms with Crippen LogP contribution in [0.3, 0.4) is 0 Å². The van der Waals surface area contributed by atoms with Gasteiger partial charge in [-0.15, -0.1) is 0 Å². The van der Waals surface area contributed by atoms with Crippen LogP contribution in [-0.2, 0) is 5.41 Å². The highest BCUT2D eigenvalue weighted by Crippen LogP contribution is 2.22. The average Bonchev–Trinajstić information content (AvgIpc) is 2.80. The van der Waals surface area contributed by atoms with E-state index < -0.39 is 0 Å². The molecule has 1 aromatic carbocycles. The summed E-state index contributed by atoms with van der Waals surface area (Å²) in [6.45, 7) is 6.42. The van der Waals surface area contributed by atoms with E-state index in [9.17, 15) is 4.79 Å². The number of carbonyl (C=O) groups is 1. The topological polar surface area (TPSA) is 58.6 Å². The Morgan fingerprint density at radius 3 is 2.29 bits per heavy atom. The van der Waals surface area contributed by atoms with Crippen molar-refractivity contribution in [2.45, 2.75) is 26.2 Å². The molecule has 0 aliphatic carbocycles. The van der Waals surface area contributed by atoms with Crippen LogP contribution in [0.4, 0.5) is 0 Å². The maximum absolute atomic E-state index is 11.9. The van der Waals surface area contributed by atoms with E-state index >= 15 is 0 Å². The summed E-state index contributed by atoms with van der Waals surface area (Å²) in [4.78, 5) is 11.9. The van der Waals surface area contributed by atoms with Crippen molar-refractivity contribution in [1.82, 2.24) is 15.4 Å². The van der Waals surface area contributed by atoms with Crippen molar-refractivity contribution in [2.24, 2.45) is 0 Å². The zero-order valence-corrected chi connectivity index (χ0v) is 10.2. The highest BCUT2D eigenvalue weighted by molar-refractivity contribution is 6.07. The van der Waals surface area contributed by atoms with Crippen molar-refractivity contribution in [3.8, 4) is 0 Å². The maximum Gasteiger partial charge on any atom is 0.214 e. The van der Waals surface area contributed by atoms with Crippen LogP contribution < -0.4 is 0 Å². The molecule has 0 saturated carbocycles. The maximum atomic E-state index is 11.9. The molecule has 4 nitrogen and oxygen atoms in total. The molecule has 0 bridgehead atoms. The van der Waals surface area contributed by atoms with E-state index in [-0.39, 0.29) is 11.2 Å². The highest BCUT2D eigenvalue weighted by atomic mass is 16.1. The van der Waals surface area contributed by atoms with Crippen LogP contribution in [0.25, 0.3) is 0 Å². The van der Waals surface area contributed by atoms with Crippen LogP contribution in [0.5, 0.6) is 0 Å². The standard InChI is InChI=1S/C13H15N3O/c1-13(2,3)10-6-4-9(5-7-10)12(17)11-8-14-16-15-11/h4-8H,1-3H3,(H,14,15,16). The summed E-state index contributed by atoms with van der Waals surface area (Å²) in [6.07, 6.45) is 1.43. The molecule has 0 saturated heterocycles. The predicted molar refractivity (Wildman–Crippen MR) is 65.0 cm³/mol. The zero-order valence-electron chi connectivity index (χ0n) is 10.2. The fourth-order valence-electron chi connectivity index (χ4n) is 1.58. The van der Waals surface area contributed by atoms with Gasteiger partial charge in [-0.25, -0.2) is 0 Å². The summed E-state index contributed by atoms with van der Waals surface area (Å²) in [5, 5.41) is 9.84. The normalized spacial score (nSPS) is 11.5. The number of aromatic amines is 1. The molecule has 0 aliphatic heterocycles. The number of nitrogens with one attached hydrogen (secondary N) is 1. The summed E-state index contributed by atoms with van der Waals surface area (Å²) < 4.78 is 0. The van der Waals surface area contributed by atoms with Gasteiger partial charge in [-0.05, 0) is 11.0 Å². The molecule has 2 rings (SSSR count). The third-order valence-electron chi connectivity index (χ3n) is 2.66. The number of ketones is 1. The Labute approximate surface area is 100 Å². The Balaban J connectivity index is 2.28. The lowest BCUT2D eigenvalue weighted by molar-refractivity contribution is 0.103. The van der Waals surface area contributed by atoms with Crippen molar-refractivity contribution in [2.75, 3.05) is 0 Å². The third-order valence-corrected chi connectivity index (χ3v) is 2.66. The van der Waals surface area contributed by atoms with Crippen LogP contribution in [0.15, 0.2) is 30.5 Å². The fourth-order valence-corrected chi connectivity index (χ4v) is 1.58. The van der Waals surface area contributed by atoms with Gasteiger partial charge in [-0.3, -0.25) is 4.79 Å². The second-order valence-electron chi connectivity index (χ2n) is 5.01. The van der Waals surface area contributed by atoms with Gasteiger partial charge in [0.1, 0.15) is 0 Å². The predicted octanol–water partition coefficient (Wildman–Crippen LogP) is 2.33. The van der Waals surface area contributed by atoms with Crippen molar-refractivity contribution >= 4 is 5.78 Å². The van der Waals surface area contributed by atoms with E-state index in [0.29, 0.717) is 11.3 Å². The lowest BCUT2D eigenvalue weighted by Crippen LogP contribution is -2.11. The molecule has 1 aromatic heterocycles. The molecule has 0 aliphatic rings. The Bertz CT molecular complexity index is 507. The van der Waals surface area contributed by atoms with Gasteiger partial charge in [0.15, 0.2) is 5.69 Å². The molecular weight excluding hydrogens is 214 g/mol. The minimum absolute atomic E-state index is 0.0927. The van der Waals surface area contributed by atoms with Crippen LogP contribution in [0.2, 0.25) is 0 Å². The molecule has 0 unspecified atom stereocenters. The minimum atomic E-state index is -0.112. The summed E-state index contributed by atoms with van der Waals surface area (Å²) in [5.74, 6) is -0.112. The lowest BCUT2D eigenvalue weighted by Gasteiger charge is -2.18. The Morgan fingerprint density at radius 1 is 1.18 bits per heavy atom. The van der Waals surface area contributed by atoms with Gasteiger partial charge in [0.25, 0.3) is 0 Å². The van der Waals surface area contributed by atoms with E-state index in [0.717, 1.165) is 0 Å². The van der Waals surface area contributed by atoms with Crippen LogP contribution in [0.1, 0.15) is 42.4 Å². The minimum Gasteiger partial charge on any atom is -0.287 e. The Hall–Kier alpha value is -1.97. The Morgan fingerprint density at radius 2 is 1.82 bits per heavy atom. The van der Waals surface area contributed by atoms with Gasteiger partial charge >= 0.3 is 0 Å². The average molecular weight is 229 g/mol. The van der Waals surface area contributed by atoms with E-state index in [1.165, 1.54) is 11.8 Å². The number of H-pyrrole nitrogens is 1. The van der Waals surface area contributed by atoms with E-state index in [1.807, 2.05) is 24.3 Å². The molecule has 0 amide bonds. The van der Waals surface area contributed by atoms with Crippen molar-refractivity contribution in [3.63, 3.8) is 0 Å². The molecule has 0 radical (unpaired) electrons. The van der Waals surface area contributed by atoms with Gasteiger partial charge in [-0.2, -0.15) is 15.4 Å².